The summed E-state index contributed by atoms with van der Waals surface area (Å²) < 4.78 is 38.3. The fraction of sp³-hybridized carbons (Fsp3) is 0.892. The minimum Gasteiger partial charge on any atom is -0.462 e. The van der Waals surface area contributed by atoms with Crippen LogP contribution in [0, 0.1) is 5.92 Å². The minimum absolute atomic E-state index is 0.178. The van der Waals surface area contributed by atoms with Crippen molar-refractivity contribution in [2.45, 2.75) is 180 Å². The van der Waals surface area contributed by atoms with Gasteiger partial charge in [-0.05, 0) is 44.4 Å². The van der Waals surface area contributed by atoms with E-state index in [2.05, 4.69) is 37.4 Å². The maximum Gasteiger partial charge on any atom is 0.472 e. The van der Waals surface area contributed by atoms with Gasteiger partial charge < -0.3 is 29.3 Å². The number of unbranched alkanes of at least 4 members (excludes halogenated alkanes) is 13. The first-order valence-corrected chi connectivity index (χ1v) is 20.6. The second-order valence-corrected chi connectivity index (χ2v) is 15.3. The van der Waals surface area contributed by atoms with Crippen molar-refractivity contribution in [3.63, 3.8) is 0 Å². The molecular weight excluding hydrogens is 651 g/mol. The van der Waals surface area contributed by atoms with Gasteiger partial charge in [0.2, 0.25) is 0 Å². The molecule has 0 aromatic carbocycles. The van der Waals surface area contributed by atoms with E-state index in [9.17, 15) is 24.2 Å². The zero-order chi connectivity index (χ0) is 36.2. The third-order valence-corrected chi connectivity index (χ3v) is 9.47. The van der Waals surface area contributed by atoms with E-state index in [0.717, 1.165) is 70.1 Å². The number of aliphatic hydroxyl groups excluding tert-OH is 2. The zero-order valence-electron chi connectivity index (χ0n) is 30.8. The largest absolute Gasteiger partial charge is 0.472 e. The lowest BCUT2D eigenvalue weighted by Crippen LogP contribution is -2.29. The van der Waals surface area contributed by atoms with Crippen LogP contribution in [0.25, 0.3) is 0 Å². The molecule has 3 unspecified atom stereocenters. The number of phosphoric ester groups is 1. The Morgan fingerprint density at radius 1 is 0.776 bits per heavy atom. The summed E-state index contributed by atoms with van der Waals surface area (Å²) in [5, 5.41) is 18.3. The van der Waals surface area contributed by atoms with Crippen LogP contribution in [0.1, 0.15) is 156 Å². The van der Waals surface area contributed by atoms with Crippen molar-refractivity contribution >= 4 is 19.8 Å². The number of phosphoric acid groups is 1. The van der Waals surface area contributed by atoms with Crippen LogP contribution < -0.4 is 0 Å². The molecule has 0 aromatic heterocycles. The molecule has 12 heteroatoms. The molecule has 288 valence electrons. The van der Waals surface area contributed by atoms with Crippen molar-refractivity contribution in [2.75, 3.05) is 26.4 Å². The monoisotopic (exact) mass is 720 g/mol. The lowest BCUT2D eigenvalue weighted by Gasteiger charge is -2.20. The van der Waals surface area contributed by atoms with Crippen LogP contribution in [-0.2, 0) is 37.4 Å². The molecule has 3 N–H and O–H groups in total. The average Bonchev–Trinajstić information content (AvgIpc) is 3.82. The van der Waals surface area contributed by atoms with Crippen molar-refractivity contribution in [1.29, 1.82) is 0 Å². The number of hydrogen-bond donors (Lipinski definition) is 3. The fourth-order valence-electron chi connectivity index (χ4n) is 5.42. The van der Waals surface area contributed by atoms with Gasteiger partial charge in [-0.1, -0.05) is 116 Å². The van der Waals surface area contributed by atoms with Crippen LogP contribution >= 0.6 is 7.82 Å². The van der Waals surface area contributed by atoms with Crippen molar-refractivity contribution in [2.24, 2.45) is 5.92 Å². The smallest absolute Gasteiger partial charge is 0.462 e. The Kier molecular flexibility index (Phi) is 27.3. The number of allylic oxidation sites excluding steroid dienone is 1. The first-order valence-electron chi connectivity index (χ1n) is 19.1. The quantitative estimate of drug-likeness (QED) is 0.0194. The van der Waals surface area contributed by atoms with Gasteiger partial charge in [0.25, 0.3) is 0 Å². The van der Waals surface area contributed by atoms with Gasteiger partial charge in [-0.3, -0.25) is 18.6 Å². The van der Waals surface area contributed by atoms with Gasteiger partial charge in [-0.15, -0.1) is 0 Å². The van der Waals surface area contributed by atoms with Gasteiger partial charge in [-0.25, -0.2) is 4.57 Å². The van der Waals surface area contributed by atoms with Crippen LogP contribution in [0.2, 0.25) is 0 Å². The van der Waals surface area contributed by atoms with Gasteiger partial charge in [0.1, 0.15) is 12.7 Å². The van der Waals surface area contributed by atoms with E-state index >= 15 is 0 Å². The molecule has 1 rings (SSSR count). The highest BCUT2D eigenvalue weighted by Gasteiger charge is 2.36. The molecule has 1 aliphatic rings. The van der Waals surface area contributed by atoms with Gasteiger partial charge in [0, 0.05) is 12.8 Å². The molecule has 0 bridgehead atoms. The number of carbonyl (C=O) groups is 2. The van der Waals surface area contributed by atoms with E-state index < -0.39 is 51.8 Å². The van der Waals surface area contributed by atoms with Gasteiger partial charge in [0.05, 0.1) is 32.0 Å². The standard InChI is InChI=1S/C37H69O11P/c1-4-5-6-7-13-18-23-34-35(48-34)24-19-14-11-16-20-25-36(40)44-29-33(30-46-49(42,43)45-28-32(39)27-38)47-37(41)26-21-15-10-8-9-12-17-22-31(2)3/h13,18,31-35,38-39H,4-12,14-17,19-30H2,1-3H3,(H,42,43)/b18-13-/t32-,33+,34?,35?/m0/s1. The van der Waals surface area contributed by atoms with Crippen LogP contribution in [0.5, 0.6) is 0 Å². The molecule has 0 amide bonds. The van der Waals surface area contributed by atoms with E-state index in [-0.39, 0.29) is 19.4 Å². The van der Waals surface area contributed by atoms with Crippen LogP contribution in [0.15, 0.2) is 12.2 Å². The topological polar surface area (TPSA) is 161 Å². The van der Waals surface area contributed by atoms with Crippen LogP contribution in [0.3, 0.4) is 0 Å². The molecular formula is C37H69O11P. The average molecular weight is 721 g/mol. The van der Waals surface area contributed by atoms with Gasteiger partial charge >= 0.3 is 19.8 Å². The maximum absolute atomic E-state index is 12.5. The summed E-state index contributed by atoms with van der Waals surface area (Å²) in [4.78, 5) is 34.8. The molecule has 0 spiro atoms. The summed E-state index contributed by atoms with van der Waals surface area (Å²) in [6.45, 7) is 4.55. The normalized spacial score (nSPS) is 18.4. The molecule has 1 aliphatic heterocycles. The molecule has 1 saturated heterocycles. The summed E-state index contributed by atoms with van der Waals surface area (Å²) in [7, 11) is -4.61. The number of aliphatic hydroxyl groups is 2. The SMILES string of the molecule is CCCCC/C=C\CC1OC1CCCCCCCC(=O)OC[C@H](COP(=O)(O)OC[C@@H](O)CO)OC(=O)CCCCCCCCCC(C)C. The Morgan fingerprint density at radius 2 is 1.39 bits per heavy atom. The van der Waals surface area contributed by atoms with Crippen LogP contribution in [0.4, 0.5) is 0 Å². The number of esters is 2. The molecule has 0 radical (unpaired) electrons. The summed E-state index contributed by atoms with van der Waals surface area (Å²) in [5.41, 5.74) is 0. The number of hydrogen-bond acceptors (Lipinski definition) is 10. The molecule has 0 saturated carbocycles. The van der Waals surface area contributed by atoms with E-state index in [4.69, 9.17) is 23.8 Å². The molecule has 11 nitrogen and oxygen atoms in total. The third kappa shape index (κ3) is 28.0. The Bertz CT molecular complexity index is 913. The molecule has 0 aliphatic carbocycles. The van der Waals surface area contributed by atoms with Crippen molar-refractivity contribution in [3.05, 3.63) is 12.2 Å². The molecule has 1 fully saturated rings. The van der Waals surface area contributed by atoms with E-state index in [0.29, 0.717) is 25.0 Å². The number of carbonyl (C=O) groups excluding carboxylic acids is 2. The minimum atomic E-state index is -4.61. The van der Waals surface area contributed by atoms with Gasteiger partial charge in [-0.2, -0.15) is 0 Å². The summed E-state index contributed by atoms with van der Waals surface area (Å²) in [6.07, 6.45) is 23.7. The van der Waals surface area contributed by atoms with Crippen molar-refractivity contribution in [1.82, 2.24) is 0 Å². The lowest BCUT2D eigenvalue weighted by atomic mass is 10.0. The fourth-order valence-corrected chi connectivity index (χ4v) is 6.21. The van der Waals surface area contributed by atoms with Crippen molar-refractivity contribution < 1.29 is 52.5 Å². The van der Waals surface area contributed by atoms with Crippen molar-refractivity contribution in [3.8, 4) is 0 Å². The van der Waals surface area contributed by atoms with E-state index in [1.54, 1.807) is 0 Å². The summed E-state index contributed by atoms with van der Waals surface area (Å²) >= 11 is 0. The highest BCUT2D eigenvalue weighted by molar-refractivity contribution is 7.47. The Balaban J connectivity index is 2.29. The first-order chi connectivity index (χ1) is 23.6. The molecule has 49 heavy (non-hydrogen) atoms. The summed E-state index contributed by atoms with van der Waals surface area (Å²) in [5.74, 6) is -0.215. The maximum atomic E-state index is 12.5. The van der Waals surface area contributed by atoms with E-state index in [1.165, 1.54) is 44.9 Å². The number of rotatable bonds is 34. The molecule has 5 atom stereocenters. The first kappa shape index (κ1) is 45.7. The van der Waals surface area contributed by atoms with Gasteiger partial charge in [0.15, 0.2) is 6.10 Å². The highest BCUT2D eigenvalue weighted by atomic mass is 31.2. The lowest BCUT2D eigenvalue weighted by molar-refractivity contribution is -0.161. The molecule has 1 heterocycles. The predicted molar refractivity (Wildman–Crippen MR) is 191 cm³/mol. The van der Waals surface area contributed by atoms with E-state index in [1.807, 2.05) is 0 Å². The second-order valence-electron chi connectivity index (χ2n) is 13.8. The predicted octanol–water partition coefficient (Wildman–Crippen LogP) is 8.12. The Morgan fingerprint density at radius 3 is 2.04 bits per heavy atom. The zero-order valence-corrected chi connectivity index (χ0v) is 31.7. The molecule has 0 aromatic rings. The summed E-state index contributed by atoms with van der Waals surface area (Å²) in [6, 6.07) is 0. The Hall–Kier alpha value is -1.33. The highest BCUT2D eigenvalue weighted by Crippen LogP contribution is 2.43. The Labute approximate surface area is 296 Å². The number of epoxide rings is 1. The van der Waals surface area contributed by atoms with Crippen LogP contribution in [-0.4, -0.2) is 77.9 Å². The number of ether oxygens (including phenoxy) is 3. The second kappa shape index (κ2) is 29.3. The third-order valence-electron chi connectivity index (χ3n) is 8.52.